The number of aromatic nitrogens is 6. The molecule has 0 spiro atoms. The minimum atomic E-state index is 0.139. The van der Waals surface area contributed by atoms with E-state index in [4.69, 9.17) is 4.74 Å². The molecule has 1 aliphatic rings. The van der Waals surface area contributed by atoms with Crippen molar-refractivity contribution in [3.8, 4) is 16.9 Å². The first kappa shape index (κ1) is 22.8. The molecule has 4 aromatic rings. The molecule has 180 valence electrons. The summed E-state index contributed by atoms with van der Waals surface area (Å²) < 4.78 is 7.74. The Hall–Kier alpha value is -4.01. The Balaban J connectivity index is 1.25. The Morgan fingerprint density at radius 1 is 1.17 bits per heavy atom. The summed E-state index contributed by atoms with van der Waals surface area (Å²) in [7, 11) is 0. The van der Waals surface area contributed by atoms with E-state index in [0.717, 1.165) is 47.5 Å². The zero-order valence-corrected chi connectivity index (χ0v) is 20.1. The third kappa shape index (κ3) is 4.94. The van der Waals surface area contributed by atoms with Crippen LogP contribution >= 0.6 is 0 Å². The number of aryl methyl sites for hydroxylation is 1. The van der Waals surface area contributed by atoms with Crippen molar-refractivity contribution in [2.75, 3.05) is 18.1 Å². The third-order valence-corrected chi connectivity index (χ3v) is 6.54. The van der Waals surface area contributed by atoms with Gasteiger partial charge in [-0.05, 0) is 67.5 Å². The number of hydrogen-bond donors (Lipinski definition) is 1. The van der Waals surface area contributed by atoms with Gasteiger partial charge in [0, 0.05) is 30.4 Å². The molecule has 35 heavy (non-hydrogen) atoms. The summed E-state index contributed by atoms with van der Waals surface area (Å²) in [6.45, 7) is 5.85. The van der Waals surface area contributed by atoms with Crippen molar-refractivity contribution >= 4 is 11.6 Å². The summed E-state index contributed by atoms with van der Waals surface area (Å²) in [6, 6.07) is 12.2. The molecule has 0 saturated carbocycles. The van der Waals surface area contributed by atoms with Crippen LogP contribution in [0.4, 0.5) is 5.69 Å². The number of aromatic amines is 1. The van der Waals surface area contributed by atoms with Crippen LogP contribution in [0.2, 0.25) is 0 Å². The van der Waals surface area contributed by atoms with Gasteiger partial charge in [-0.15, -0.1) is 10.2 Å². The fraction of sp³-hybridized carbons (Fsp3) is 0.346. The molecule has 5 rings (SSSR count). The lowest BCUT2D eigenvalue weighted by Gasteiger charge is -2.31. The highest BCUT2D eigenvalue weighted by molar-refractivity contribution is 5.96. The minimum Gasteiger partial charge on any atom is -0.493 e. The molecule has 1 N–H and O–H groups in total. The molecule has 1 amide bonds. The Bertz CT molecular complexity index is 1310. The van der Waals surface area contributed by atoms with E-state index >= 15 is 0 Å². The number of hydrogen-bond acceptors (Lipinski definition) is 6. The second-order valence-corrected chi connectivity index (χ2v) is 8.86. The van der Waals surface area contributed by atoms with Gasteiger partial charge in [-0.25, -0.2) is 0 Å². The van der Waals surface area contributed by atoms with Crippen LogP contribution in [0.25, 0.3) is 11.1 Å². The molecule has 0 saturated heterocycles. The number of anilines is 1. The molecule has 9 nitrogen and oxygen atoms in total. The van der Waals surface area contributed by atoms with Crippen LogP contribution < -0.4 is 9.64 Å². The zero-order valence-electron chi connectivity index (χ0n) is 20.1. The van der Waals surface area contributed by atoms with E-state index in [1.807, 2.05) is 41.6 Å². The molecule has 2 aromatic heterocycles. The number of ether oxygens (including phenoxy) is 1. The van der Waals surface area contributed by atoms with Gasteiger partial charge in [0.25, 0.3) is 0 Å². The minimum absolute atomic E-state index is 0.139. The number of carbonyl (C=O) groups excluding carboxylic acids is 1. The molecule has 3 heterocycles. The van der Waals surface area contributed by atoms with Gasteiger partial charge in [-0.2, -0.15) is 10.3 Å². The van der Waals surface area contributed by atoms with Crippen LogP contribution in [0.5, 0.6) is 5.75 Å². The van der Waals surface area contributed by atoms with Crippen LogP contribution in [0.15, 0.2) is 48.8 Å². The lowest BCUT2D eigenvalue weighted by molar-refractivity contribution is -0.118. The average molecular weight is 472 g/mol. The smallest absolute Gasteiger partial charge is 0.227 e. The summed E-state index contributed by atoms with van der Waals surface area (Å²) >= 11 is 0. The highest BCUT2D eigenvalue weighted by atomic mass is 16.5. The van der Waals surface area contributed by atoms with E-state index in [9.17, 15) is 4.79 Å². The number of H-pyrrole nitrogens is 1. The molecule has 0 atom stereocenters. The summed E-state index contributed by atoms with van der Waals surface area (Å²) in [5.74, 6) is 1.61. The van der Waals surface area contributed by atoms with Gasteiger partial charge in [0.2, 0.25) is 5.91 Å². The van der Waals surface area contributed by atoms with Gasteiger partial charge in [-0.1, -0.05) is 29.5 Å². The number of fused-ring (bicyclic) bond motifs is 1. The summed E-state index contributed by atoms with van der Waals surface area (Å²) in [4.78, 5) is 15.1. The van der Waals surface area contributed by atoms with E-state index in [1.165, 1.54) is 11.1 Å². The van der Waals surface area contributed by atoms with Gasteiger partial charge in [0.1, 0.15) is 12.3 Å². The van der Waals surface area contributed by atoms with Crippen LogP contribution in [-0.2, 0) is 17.8 Å². The van der Waals surface area contributed by atoms with Gasteiger partial charge in [0.05, 0.1) is 12.8 Å². The molecule has 0 aliphatic carbocycles. The second-order valence-electron chi connectivity index (χ2n) is 8.86. The summed E-state index contributed by atoms with van der Waals surface area (Å²) in [5.41, 5.74) is 6.67. The molecule has 0 unspecified atom stereocenters. The van der Waals surface area contributed by atoms with E-state index in [2.05, 4.69) is 51.7 Å². The third-order valence-electron chi connectivity index (χ3n) is 6.54. The SMILES string of the molecule is Cc1cccc(OCCCC(=O)N2CCCc3c(-c4cnn(Cc5nn[nH]n5)c4)cccc32)c1C. The zero-order chi connectivity index (χ0) is 24.2. The van der Waals surface area contributed by atoms with Gasteiger partial charge in [0.15, 0.2) is 5.82 Å². The highest BCUT2D eigenvalue weighted by Crippen LogP contribution is 2.35. The Kier molecular flexibility index (Phi) is 6.56. The fourth-order valence-corrected chi connectivity index (χ4v) is 4.56. The highest BCUT2D eigenvalue weighted by Gasteiger charge is 2.24. The van der Waals surface area contributed by atoms with E-state index in [0.29, 0.717) is 31.8 Å². The number of amides is 1. The molecule has 9 heteroatoms. The van der Waals surface area contributed by atoms with Crippen LogP contribution in [0.1, 0.15) is 41.8 Å². The van der Waals surface area contributed by atoms with Crippen molar-refractivity contribution in [2.24, 2.45) is 0 Å². The number of benzene rings is 2. The van der Waals surface area contributed by atoms with Crippen molar-refractivity contribution in [1.29, 1.82) is 0 Å². The Morgan fingerprint density at radius 2 is 2.06 bits per heavy atom. The molecule has 1 aliphatic heterocycles. The van der Waals surface area contributed by atoms with Crippen molar-refractivity contribution in [1.82, 2.24) is 30.4 Å². The summed E-state index contributed by atoms with van der Waals surface area (Å²) in [6.07, 6.45) is 6.84. The standard InChI is InChI=1S/C26H29N7O2/c1-18-7-3-11-24(19(18)2)35-14-6-12-26(34)33-13-5-9-22-21(8-4-10-23(22)33)20-15-27-32(16-20)17-25-28-30-31-29-25/h3-4,7-8,10-11,15-16H,5-6,9,12-14,17H2,1-2H3,(H,28,29,30,31). The normalized spacial score (nSPS) is 13.0. The number of carbonyl (C=O) groups is 1. The largest absolute Gasteiger partial charge is 0.493 e. The molecular weight excluding hydrogens is 442 g/mol. The monoisotopic (exact) mass is 471 g/mol. The van der Waals surface area contributed by atoms with E-state index < -0.39 is 0 Å². The fourth-order valence-electron chi connectivity index (χ4n) is 4.56. The van der Waals surface area contributed by atoms with Gasteiger partial charge < -0.3 is 9.64 Å². The van der Waals surface area contributed by atoms with Crippen molar-refractivity contribution in [2.45, 2.75) is 46.1 Å². The predicted octanol–water partition coefficient (Wildman–Crippen LogP) is 3.87. The number of nitrogens with one attached hydrogen (secondary N) is 1. The van der Waals surface area contributed by atoms with Crippen molar-refractivity contribution < 1.29 is 9.53 Å². The Labute approximate surface area is 204 Å². The number of nitrogens with zero attached hydrogens (tertiary/aromatic N) is 6. The number of rotatable bonds is 8. The van der Waals surface area contributed by atoms with Crippen LogP contribution in [-0.4, -0.2) is 49.5 Å². The van der Waals surface area contributed by atoms with Gasteiger partial charge in [-0.3, -0.25) is 9.48 Å². The number of tetrazole rings is 1. The Morgan fingerprint density at radius 3 is 2.91 bits per heavy atom. The first-order valence-corrected chi connectivity index (χ1v) is 12.0. The molecule has 2 aromatic carbocycles. The molecule has 0 bridgehead atoms. The van der Waals surface area contributed by atoms with Gasteiger partial charge >= 0.3 is 0 Å². The maximum atomic E-state index is 13.2. The maximum Gasteiger partial charge on any atom is 0.227 e. The average Bonchev–Trinajstić information content (AvgIpc) is 3.56. The first-order chi connectivity index (χ1) is 17.1. The first-order valence-electron chi connectivity index (χ1n) is 12.0. The molecular formula is C26H29N7O2. The van der Waals surface area contributed by atoms with Crippen molar-refractivity contribution in [3.05, 3.63) is 71.3 Å². The quantitative estimate of drug-likeness (QED) is 0.392. The molecule has 0 fully saturated rings. The second kappa shape index (κ2) is 10.1. The maximum absolute atomic E-state index is 13.2. The summed E-state index contributed by atoms with van der Waals surface area (Å²) in [5, 5.41) is 18.5. The lowest BCUT2D eigenvalue weighted by atomic mass is 9.93. The van der Waals surface area contributed by atoms with Crippen molar-refractivity contribution in [3.63, 3.8) is 0 Å². The van der Waals surface area contributed by atoms with Crippen LogP contribution in [0.3, 0.4) is 0 Å². The van der Waals surface area contributed by atoms with Crippen LogP contribution in [0, 0.1) is 13.8 Å². The predicted molar refractivity (Wildman–Crippen MR) is 132 cm³/mol. The lowest BCUT2D eigenvalue weighted by Crippen LogP contribution is -2.35. The van der Waals surface area contributed by atoms with E-state index in [-0.39, 0.29) is 5.91 Å². The topological polar surface area (TPSA) is 102 Å². The molecule has 0 radical (unpaired) electrons. The van der Waals surface area contributed by atoms with E-state index in [1.54, 1.807) is 4.68 Å².